The van der Waals surface area contributed by atoms with Gasteiger partial charge in [-0.25, -0.2) is 4.79 Å². The monoisotopic (exact) mass is 216 g/mol. The number of hydrogen-bond donors (Lipinski definition) is 3. The van der Waals surface area contributed by atoms with Crippen molar-refractivity contribution >= 4 is 17.6 Å². The molecule has 1 rings (SSSR count). The summed E-state index contributed by atoms with van der Waals surface area (Å²) < 4.78 is 0. The van der Waals surface area contributed by atoms with E-state index in [4.69, 9.17) is 16.7 Å². The minimum atomic E-state index is -1.76. The summed E-state index contributed by atoms with van der Waals surface area (Å²) in [5.74, 6) is -1.81. The third kappa shape index (κ3) is 1.81. The number of hydrogen-bond acceptors (Lipinski definition) is 3. The van der Waals surface area contributed by atoms with E-state index in [2.05, 4.69) is 0 Å². The van der Waals surface area contributed by atoms with Gasteiger partial charge >= 0.3 is 5.97 Å². The maximum Gasteiger partial charge on any atom is 0.337 e. The number of halogens is 1. The first-order valence-electron chi connectivity index (χ1n) is 3.84. The number of aliphatic hydroxyl groups excluding tert-OH is 1. The van der Waals surface area contributed by atoms with E-state index in [1.54, 1.807) is 6.92 Å². The molecule has 0 aliphatic carbocycles. The average molecular weight is 217 g/mol. The van der Waals surface area contributed by atoms with E-state index in [-0.39, 0.29) is 16.3 Å². The second-order valence-corrected chi connectivity index (χ2v) is 3.27. The Kier molecular flexibility index (Phi) is 2.98. The summed E-state index contributed by atoms with van der Waals surface area (Å²) in [5, 5.41) is 27.3. The second-order valence-electron chi connectivity index (χ2n) is 2.87. The number of aryl methyl sites for hydroxylation is 1. The van der Waals surface area contributed by atoms with E-state index < -0.39 is 12.1 Å². The molecule has 3 N–H and O–H groups in total. The molecule has 0 aliphatic rings. The first kappa shape index (κ1) is 10.8. The maximum atomic E-state index is 10.5. The number of aromatic hydroxyl groups is 1. The number of carbonyl (C=O) groups is 1. The molecule has 5 heteroatoms. The van der Waals surface area contributed by atoms with Crippen LogP contribution in [0.3, 0.4) is 0 Å². The van der Waals surface area contributed by atoms with Crippen molar-refractivity contribution in [1.29, 1.82) is 0 Å². The molecule has 0 saturated heterocycles. The molecule has 1 unspecified atom stereocenters. The van der Waals surface area contributed by atoms with Crippen LogP contribution in [0, 0.1) is 6.92 Å². The minimum absolute atomic E-state index is 0.0194. The van der Waals surface area contributed by atoms with Crippen molar-refractivity contribution < 1.29 is 20.1 Å². The van der Waals surface area contributed by atoms with Gasteiger partial charge in [0.25, 0.3) is 0 Å². The molecular weight excluding hydrogens is 208 g/mol. The molecule has 0 radical (unpaired) electrons. The van der Waals surface area contributed by atoms with E-state index in [0.29, 0.717) is 5.56 Å². The van der Waals surface area contributed by atoms with Gasteiger partial charge in [-0.1, -0.05) is 17.7 Å². The highest BCUT2D eigenvalue weighted by molar-refractivity contribution is 6.32. The Balaban J connectivity index is 3.32. The van der Waals surface area contributed by atoms with Crippen LogP contribution in [0.15, 0.2) is 12.1 Å². The molecule has 0 saturated carbocycles. The third-order valence-electron chi connectivity index (χ3n) is 1.89. The highest BCUT2D eigenvalue weighted by atomic mass is 35.5. The number of aliphatic carboxylic acids is 1. The Bertz CT molecular complexity index is 375. The van der Waals surface area contributed by atoms with Crippen LogP contribution < -0.4 is 0 Å². The van der Waals surface area contributed by atoms with Crippen LogP contribution >= 0.6 is 11.6 Å². The van der Waals surface area contributed by atoms with Crippen LogP contribution in [-0.2, 0) is 4.79 Å². The average Bonchev–Trinajstić information content (AvgIpc) is 2.12. The fourth-order valence-corrected chi connectivity index (χ4v) is 1.32. The molecule has 76 valence electrons. The van der Waals surface area contributed by atoms with Gasteiger partial charge in [0.05, 0.1) is 5.02 Å². The zero-order chi connectivity index (χ0) is 10.9. The van der Waals surface area contributed by atoms with Crippen molar-refractivity contribution in [3.63, 3.8) is 0 Å². The maximum absolute atomic E-state index is 10.5. The summed E-state index contributed by atoms with van der Waals surface area (Å²) in [7, 11) is 0. The first-order valence-corrected chi connectivity index (χ1v) is 4.21. The van der Waals surface area contributed by atoms with Crippen LogP contribution in [0.4, 0.5) is 0 Å². The molecule has 4 nitrogen and oxygen atoms in total. The van der Waals surface area contributed by atoms with Crippen LogP contribution in [0.1, 0.15) is 17.2 Å². The quantitative estimate of drug-likeness (QED) is 0.700. The normalized spacial score (nSPS) is 12.5. The largest absolute Gasteiger partial charge is 0.506 e. The lowest BCUT2D eigenvalue weighted by Gasteiger charge is -2.12. The summed E-state index contributed by atoms with van der Waals surface area (Å²) in [4.78, 5) is 10.5. The number of phenols is 1. The van der Waals surface area contributed by atoms with E-state index in [0.717, 1.165) is 0 Å². The molecule has 0 aliphatic heterocycles. The van der Waals surface area contributed by atoms with Gasteiger partial charge in [-0.3, -0.25) is 0 Å². The Hall–Kier alpha value is -1.26. The van der Waals surface area contributed by atoms with Crippen molar-refractivity contribution in [2.45, 2.75) is 13.0 Å². The highest BCUT2D eigenvalue weighted by Crippen LogP contribution is 2.34. The third-order valence-corrected chi connectivity index (χ3v) is 2.20. The summed E-state index contributed by atoms with van der Waals surface area (Å²) in [6.07, 6.45) is -1.76. The number of phenolic OH excluding ortho intramolecular Hbond substituents is 1. The second kappa shape index (κ2) is 3.86. The molecule has 0 heterocycles. The van der Waals surface area contributed by atoms with Crippen molar-refractivity contribution in [3.05, 3.63) is 28.3 Å². The SMILES string of the molecule is Cc1ccc(Cl)c(O)c1C(O)C(=O)O. The van der Waals surface area contributed by atoms with Crippen LogP contribution in [0.25, 0.3) is 0 Å². The Labute approximate surface area is 85.4 Å². The van der Waals surface area contributed by atoms with E-state index >= 15 is 0 Å². The number of aliphatic hydroxyl groups is 1. The highest BCUT2D eigenvalue weighted by Gasteiger charge is 2.23. The van der Waals surface area contributed by atoms with Gasteiger partial charge in [-0.2, -0.15) is 0 Å². The fourth-order valence-electron chi connectivity index (χ4n) is 1.15. The molecular formula is C9H9ClO4. The summed E-state index contributed by atoms with van der Waals surface area (Å²) in [6.45, 7) is 1.58. The fraction of sp³-hybridized carbons (Fsp3) is 0.222. The summed E-state index contributed by atoms with van der Waals surface area (Å²) in [5.41, 5.74) is 0.409. The Morgan fingerprint density at radius 2 is 2.07 bits per heavy atom. The van der Waals surface area contributed by atoms with Gasteiger partial charge in [0.15, 0.2) is 6.10 Å². The van der Waals surface area contributed by atoms with Gasteiger partial charge in [-0.15, -0.1) is 0 Å². The standard InChI is InChI=1S/C9H9ClO4/c1-4-2-3-5(10)7(11)6(4)8(12)9(13)14/h2-3,8,11-12H,1H3,(H,13,14). The Morgan fingerprint density at radius 3 is 2.57 bits per heavy atom. The number of carboxylic acids is 1. The Morgan fingerprint density at radius 1 is 1.50 bits per heavy atom. The lowest BCUT2D eigenvalue weighted by atomic mass is 10.0. The van der Waals surface area contributed by atoms with Crippen molar-refractivity contribution in [2.75, 3.05) is 0 Å². The van der Waals surface area contributed by atoms with Crippen LogP contribution in [-0.4, -0.2) is 21.3 Å². The molecule has 0 spiro atoms. The minimum Gasteiger partial charge on any atom is -0.506 e. The van der Waals surface area contributed by atoms with Gasteiger partial charge < -0.3 is 15.3 Å². The topological polar surface area (TPSA) is 77.8 Å². The summed E-state index contributed by atoms with van der Waals surface area (Å²) >= 11 is 5.58. The summed E-state index contributed by atoms with van der Waals surface area (Å²) in [6, 6.07) is 2.97. The van der Waals surface area contributed by atoms with Gasteiger partial charge in [-0.05, 0) is 18.6 Å². The molecule has 14 heavy (non-hydrogen) atoms. The molecule has 0 aromatic heterocycles. The molecule has 1 atom stereocenters. The van der Waals surface area contributed by atoms with Crippen LogP contribution in [0.2, 0.25) is 5.02 Å². The molecule has 0 bridgehead atoms. The molecule has 0 fully saturated rings. The first-order chi connectivity index (χ1) is 6.45. The molecule has 1 aromatic rings. The van der Waals surface area contributed by atoms with Gasteiger partial charge in [0, 0.05) is 5.56 Å². The van der Waals surface area contributed by atoms with E-state index in [1.807, 2.05) is 0 Å². The predicted molar refractivity (Wildman–Crippen MR) is 50.4 cm³/mol. The van der Waals surface area contributed by atoms with Crippen molar-refractivity contribution in [2.24, 2.45) is 0 Å². The zero-order valence-electron chi connectivity index (χ0n) is 7.36. The van der Waals surface area contributed by atoms with E-state index in [1.165, 1.54) is 12.1 Å². The number of carboxylic acid groups (broad SMARTS) is 1. The van der Waals surface area contributed by atoms with Crippen molar-refractivity contribution in [1.82, 2.24) is 0 Å². The van der Waals surface area contributed by atoms with Crippen molar-refractivity contribution in [3.8, 4) is 5.75 Å². The van der Waals surface area contributed by atoms with E-state index in [9.17, 15) is 15.0 Å². The number of rotatable bonds is 2. The van der Waals surface area contributed by atoms with Gasteiger partial charge in [0.1, 0.15) is 5.75 Å². The lowest BCUT2D eigenvalue weighted by molar-refractivity contribution is -0.147. The lowest BCUT2D eigenvalue weighted by Crippen LogP contribution is -2.12. The van der Waals surface area contributed by atoms with Gasteiger partial charge in [0.2, 0.25) is 0 Å². The number of benzene rings is 1. The van der Waals surface area contributed by atoms with Crippen LogP contribution in [0.5, 0.6) is 5.75 Å². The molecule has 1 aromatic carbocycles. The molecule has 0 amide bonds. The smallest absolute Gasteiger partial charge is 0.337 e. The zero-order valence-corrected chi connectivity index (χ0v) is 8.12. The predicted octanol–water partition coefficient (Wildman–Crippen LogP) is 1.47.